The lowest BCUT2D eigenvalue weighted by Gasteiger charge is -2.28. The van der Waals surface area contributed by atoms with Gasteiger partial charge in [0.15, 0.2) is 5.82 Å². The van der Waals surface area contributed by atoms with E-state index in [0.29, 0.717) is 5.82 Å². The summed E-state index contributed by atoms with van der Waals surface area (Å²) in [7, 11) is 1.65. The number of anilines is 3. The molecule has 0 bridgehead atoms. The van der Waals surface area contributed by atoms with Crippen molar-refractivity contribution in [2.45, 2.75) is 0 Å². The molecule has 6 heteroatoms. The Morgan fingerprint density at radius 1 is 0.963 bits per heavy atom. The number of rotatable bonds is 5. The first kappa shape index (κ1) is 17.3. The van der Waals surface area contributed by atoms with E-state index >= 15 is 0 Å². The maximum atomic E-state index is 5.41. The van der Waals surface area contributed by atoms with Gasteiger partial charge in [-0.25, -0.2) is 9.97 Å². The van der Waals surface area contributed by atoms with Gasteiger partial charge in [0.1, 0.15) is 11.6 Å². The van der Waals surface area contributed by atoms with Crippen LogP contribution in [-0.4, -0.2) is 43.4 Å². The maximum absolute atomic E-state index is 5.41. The quantitative estimate of drug-likeness (QED) is 0.746. The SMILES string of the molecule is COc1ccc(-c2nccc(Nc3ccc(N4CCOCC4)cc3)n2)cc1. The monoisotopic (exact) mass is 362 g/mol. The Bertz CT molecular complexity index is 875. The summed E-state index contributed by atoms with van der Waals surface area (Å²) in [6, 6.07) is 18.0. The third kappa shape index (κ3) is 4.17. The lowest BCUT2D eigenvalue weighted by atomic mass is 10.2. The van der Waals surface area contributed by atoms with Crippen molar-refractivity contribution in [1.29, 1.82) is 0 Å². The number of nitrogens with one attached hydrogen (secondary N) is 1. The Balaban J connectivity index is 1.47. The Morgan fingerprint density at radius 3 is 2.41 bits per heavy atom. The van der Waals surface area contributed by atoms with Crippen molar-refractivity contribution in [2.75, 3.05) is 43.6 Å². The van der Waals surface area contributed by atoms with E-state index < -0.39 is 0 Å². The molecule has 0 spiro atoms. The van der Waals surface area contributed by atoms with Crippen molar-refractivity contribution in [3.05, 3.63) is 60.8 Å². The fourth-order valence-corrected chi connectivity index (χ4v) is 3.03. The average Bonchev–Trinajstić information content (AvgIpc) is 2.75. The van der Waals surface area contributed by atoms with E-state index in [-0.39, 0.29) is 0 Å². The lowest BCUT2D eigenvalue weighted by Crippen LogP contribution is -2.36. The highest BCUT2D eigenvalue weighted by Gasteiger charge is 2.11. The molecule has 1 aliphatic rings. The molecule has 0 unspecified atom stereocenters. The molecule has 1 aromatic heterocycles. The van der Waals surface area contributed by atoms with E-state index in [1.165, 1.54) is 5.69 Å². The highest BCUT2D eigenvalue weighted by molar-refractivity contribution is 5.63. The topological polar surface area (TPSA) is 59.5 Å². The first-order chi connectivity index (χ1) is 13.3. The molecule has 1 aliphatic heterocycles. The zero-order chi connectivity index (χ0) is 18.5. The zero-order valence-corrected chi connectivity index (χ0v) is 15.3. The molecule has 0 atom stereocenters. The molecule has 0 saturated carbocycles. The molecular formula is C21H22N4O2. The molecule has 1 fully saturated rings. The Labute approximate surface area is 158 Å². The fourth-order valence-electron chi connectivity index (χ4n) is 3.03. The molecule has 27 heavy (non-hydrogen) atoms. The minimum Gasteiger partial charge on any atom is -0.497 e. The van der Waals surface area contributed by atoms with Gasteiger partial charge in [0.2, 0.25) is 0 Å². The van der Waals surface area contributed by atoms with Crippen LogP contribution in [0.25, 0.3) is 11.4 Å². The summed E-state index contributed by atoms with van der Waals surface area (Å²) < 4.78 is 10.6. The Morgan fingerprint density at radius 2 is 1.70 bits per heavy atom. The van der Waals surface area contributed by atoms with Gasteiger partial charge in [-0.2, -0.15) is 0 Å². The number of hydrogen-bond donors (Lipinski definition) is 1. The number of morpholine rings is 1. The molecule has 0 aliphatic carbocycles. The van der Waals surface area contributed by atoms with Gasteiger partial charge in [0.05, 0.1) is 20.3 Å². The van der Waals surface area contributed by atoms with Crippen LogP contribution in [0.2, 0.25) is 0 Å². The highest BCUT2D eigenvalue weighted by atomic mass is 16.5. The van der Waals surface area contributed by atoms with Gasteiger partial charge in [-0.3, -0.25) is 0 Å². The highest BCUT2D eigenvalue weighted by Crippen LogP contribution is 2.23. The second-order valence-electron chi connectivity index (χ2n) is 6.27. The van der Waals surface area contributed by atoms with Gasteiger partial charge in [-0.1, -0.05) is 0 Å². The smallest absolute Gasteiger partial charge is 0.161 e. The molecule has 1 N–H and O–H groups in total. The molecule has 0 radical (unpaired) electrons. The molecule has 0 amide bonds. The van der Waals surface area contributed by atoms with Gasteiger partial charge >= 0.3 is 0 Å². The van der Waals surface area contributed by atoms with Gasteiger partial charge in [0.25, 0.3) is 0 Å². The predicted octanol–water partition coefficient (Wildman–Crippen LogP) is 3.73. The first-order valence-electron chi connectivity index (χ1n) is 8.99. The van der Waals surface area contributed by atoms with E-state index in [0.717, 1.165) is 49.1 Å². The van der Waals surface area contributed by atoms with Gasteiger partial charge in [-0.05, 0) is 54.6 Å². The number of nitrogens with zero attached hydrogens (tertiary/aromatic N) is 3. The summed E-state index contributed by atoms with van der Waals surface area (Å²) in [5.41, 5.74) is 3.15. The Kier molecular flexibility index (Phi) is 5.16. The molecule has 138 valence electrons. The third-order valence-electron chi connectivity index (χ3n) is 4.52. The van der Waals surface area contributed by atoms with Crippen LogP contribution in [-0.2, 0) is 4.74 Å². The average molecular weight is 362 g/mol. The second kappa shape index (κ2) is 8.05. The van der Waals surface area contributed by atoms with Crippen molar-refractivity contribution >= 4 is 17.2 Å². The maximum Gasteiger partial charge on any atom is 0.161 e. The normalized spacial score (nSPS) is 14.0. The van der Waals surface area contributed by atoms with Gasteiger partial charge in [0, 0.05) is 36.2 Å². The predicted molar refractivity (Wildman–Crippen MR) is 107 cm³/mol. The van der Waals surface area contributed by atoms with E-state index in [1.807, 2.05) is 30.3 Å². The van der Waals surface area contributed by atoms with E-state index in [2.05, 4.69) is 44.5 Å². The standard InChI is InChI=1S/C21H22N4O2/c1-26-19-8-2-16(3-9-19)21-22-11-10-20(24-21)23-17-4-6-18(7-5-17)25-12-14-27-15-13-25/h2-11H,12-15H2,1H3,(H,22,23,24). The minimum absolute atomic E-state index is 0.674. The van der Waals surface area contributed by atoms with Crippen LogP contribution in [0.4, 0.5) is 17.2 Å². The molecule has 6 nitrogen and oxygen atoms in total. The summed E-state index contributed by atoms with van der Waals surface area (Å²) in [5, 5.41) is 3.35. The van der Waals surface area contributed by atoms with Crippen LogP contribution < -0.4 is 15.0 Å². The number of methoxy groups -OCH3 is 1. The van der Waals surface area contributed by atoms with Crippen LogP contribution >= 0.6 is 0 Å². The molecule has 3 aromatic rings. The van der Waals surface area contributed by atoms with Crippen molar-refractivity contribution in [3.8, 4) is 17.1 Å². The number of aromatic nitrogens is 2. The largest absolute Gasteiger partial charge is 0.497 e. The molecule has 1 saturated heterocycles. The van der Waals surface area contributed by atoms with Crippen LogP contribution in [0, 0.1) is 0 Å². The van der Waals surface area contributed by atoms with Crippen molar-refractivity contribution in [1.82, 2.24) is 9.97 Å². The van der Waals surface area contributed by atoms with Gasteiger partial charge < -0.3 is 19.7 Å². The van der Waals surface area contributed by atoms with Crippen LogP contribution in [0.3, 0.4) is 0 Å². The van der Waals surface area contributed by atoms with Gasteiger partial charge in [-0.15, -0.1) is 0 Å². The molecule has 2 heterocycles. The molecule has 2 aromatic carbocycles. The molecular weight excluding hydrogens is 340 g/mol. The number of hydrogen-bond acceptors (Lipinski definition) is 6. The van der Waals surface area contributed by atoms with E-state index in [1.54, 1.807) is 13.3 Å². The fraction of sp³-hybridized carbons (Fsp3) is 0.238. The van der Waals surface area contributed by atoms with Crippen LogP contribution in [0.5, 0.6) is 5.75 Å². The van der Waals surface area contributed by atoms with Crippen LogP contribution in [0.1, 0.15) is 0 Å². The third-order valence-corrected chi connectivity index (χ3v) is 4.52. The molecule has 4 rings (SSSR count). The van der Waals surface area contributed by atoms with Crippen molar-refractivity contribution < 1.29 is 9.47 Å². The summed E-state index contributed by atoms with van der Waals surface area (Å²) in [5.74, 6) is 2.25. The summed E-state index contributed by atoms with van der Waals surface area (Å²) >= 11 is 0. The number of ether oxygens (including phenoxy) is 2. The zero-order valence-electron chi connectivity index (χ0n) is 15.3. The minimum atomic E-state index is 0.674. The van der Waals surface area contributed by atoms with E-state index in [9.17, 15) is 0 Å². The lowest BCUT2D eigenvalue weighted by molar-refractivity contribution is 0.122. The van der Waals surface area contributed by atoms with Crippen molar-refractivity contribution in [3.63, 3.8) is 0 Å². The number of benzene rings is 2. The van der Waals surface area contributed by atoms with Crippen molar-refractivity contribution in [2.24, 2.45) is 0 Å². The first-order valence-corrected chi connectivity index (χ1v) is 8.99. The summed E-state index contributed by atoms with van der Waals surface area (Å²) in [4.78, 5) is 11.3. The summed E-state index contributed by atoms with van der Waals surface area (Å²) in [6.07, 6.45) is 1.76. The second-order valence-corrected chi connectivity index (χ2v) is 6.27. The van der Waals surface area contributed by atoms with E-state index in [4.69, 9.17) is 9.47 Å². The Hall–Kier alpha value is -3.12. The van der Waals surface area contributed by atoms with Crippen LogP contribution in [0.15, 0.2) is 60.8 Å². The summed E-state index contributed by atoms with van der Waals surface area (Å²) in [6.45, 7) is 3.44.